The predicted molar refractivity (Wildman–Crippen MR) is 41.7 cm³/mol. The van der Waals surface area contributed by atoms with Gasteiger partial charge in [-0.15, -0.1) is 0 Å². The van der Waals surface area contributed by atoms with Crippen molar-refractivity contribution in [1.82, 2.24) is 4.98 Å². The Labute approximate surface area is 60.7 Å². The number of hydrogen-bond acceptors (Lipinski definition) is 1. The lowest BCUT2D eigenvalue weighted by molar-refractivity contribution is 1.36. The Morgan fingerprint density at radius 1 is 1.20 bits per heavy atom. The molecule has 10 heavy (non-hydrogen) atoms. The summed E-state index contributed by atoms with van der Waals surface area (Å²) in [5, 5.41) is 1.99. The molecule has 1 heterocycles. The van der Waals surface area contributed by atoms with E-state index in [1.807, 2.05) is 18.2 Å². The SMILES string of the molecule is [2H]c1cccc2cnccc12. The van der Waals surface area contributed by atoms with Gasteiger partial charge in [-0.3, -0.25) is 4.98 Å². The summed E-state index contributed by atoms with van der Waals surface area (Å²) < 4.78 is 7.54. The van der Waals surface area contributed by atoms with Crippen molar-refractivity contribution < 1.29 is 1.37 Å². The van der Waals surface area contributed by atoms with Crippen LogP contribution in [0.2, 0.25) is 0 Å². The van der Waals surface area contributed by atoms with Crippen LogP contribution in [-0.2, 0) is 0 Å². The van der Waals surface area contributed by atoms with E-state index in [9.17, 15) is 0 Å². The van der Waals surface area contributed by atoms with Crippen LogP contribution in [0.3, 0.4) is 0 Å². The predicted octanol–water partition coefficient (Wildman–Crippen LogP) is 2.23. The molecule has 2 rings (SSSR count). The highest BCUT2D eigenvalue weighted by atomic mass is 14.6. The molecule has 0 N–H and O–H groups in total. The Kier molecular flexibility index (Phi) is 0.935. The zero-order valence-electron chi connectivity index (χ0n) is 6.41. The Bertz CT molecular complexity index is 379. The Morgan fingerprint density at radius 2 is 2.20 bits per heavy atom. The quantitative estimate of drug-likeness (QED) is 0.533. The molecule has 1 aromatic heterocycles. The zero-order valence-corrected chi connectivity index (χ0v) is 5.41. The molecular weight excluding hydrogens is 122 g/mol. The first kappa shape index (κ1) is 4.45. The van der Waals surface area contributed by atoms with E-state index in [2.05, 4.69) is 4.98 Å². The van der Waals surface area contributed by atoms with E-state index in [1.54, 1.807) is 18.5 Å². The van der Waals surface area contributed by atoms with E-state index >= 15 is 0 Å². The van der Waals surface area contributed by atoms with E-state index in [0.29, 0.717) is 6.04 Å². The number of pyridine rings is 1. The summed E-state index contributed by atoms with van der Waals surface area (Å²) in [6.45, 7) is 0. The third kappa shape index (κ3) is 0.760. The molecule has 0 aliphatic rings. The molecule has 0 spiro atoms. The van der Waals surface area contributed by atoms with Crippen molar-refractivity contribution in [3.63, 3.8) is 0 Å². The highest BCUT2D eigenvalue weighted by Crippen LogP contribution is 2.09. The summed E-state index contributed by atoms with van der Waals surface area (Å²) in [6, 6.07) is 8.03. The summed E-state index contributed by atoms with van der Waals surface area (Å²) >= 11 is 0. The minimum absolute atomic E-state index is 0.560. The average Bonchev–Trinajstić information content (AvgIpc) is 2.06. The van der Waals surface area contributed by atoms with Crippen LogP contribution >= 0.6 is 0 Å². The largest absolute Gasteiger partial charge is 0.264 e. The summed E-state index contributed by atoms with van der Waals surface area (Å²) in [5.41, 5.74) is 0. The van der Waals surface area contributed by atoms with Crippen molar-refractivity contribution in [2.75, 3.05) is 0 Å². The fourth-order valence-corrected chi connectivity index (χ4v) is 0.961. The topological polar surface area (TPSA) is 12.9 Å². The smallest absolute Gasteiger partial charge is 0.0629 e. The van der Waals surface area contributed by atoms with Gasteiger partial charge in [0.1, 0.15) is 0 Å². The van der Waals surface area contributed by atoms with Crippen LogP contribution in [0.5, 0.6) is 0 Å². The van der Waals surface area contributed by atoms with Crippen LogP contribution in [0.15, 0.2) is 42.7 Å². The lowest BCUT2D eigenvalue weighted by Gasteiger charge is -1.91. The van der Waals surface area contributed by atoms with Gasteiger partial charge in [-0.25, -0.2) is 0 Å². The molecule has 0 bridgehead atoms. The number of fused-ring (bicyclic) bond motifs is 1. The van der Waals surface area contributed by atoms with Gasteiger partial charge < -0.3 is 0 Å². The monoisotopic (exact) mass is 130 g/mol. The Hall–Kier alpha value is -1.37. The van der Waals surface area contributed by atoms with Gasteiger partial charge in [-0.1, -0.05) is 24.2 Å². The second-order valence-corrected chi connectivity index (χ2v) is 2.13. The first-order valence-corrected chi connectivity index (χ1v) is 3.17. The second kappa shape index (κ2) is 2.10. The molecule has 48 valence electrons. The lowest BCUT2D eigenvalue weighted by Crippen LogP contribution is -1.71. The first-order chi connectivity index (χ1) is 5.38. The molecule has 0 aliphatic carbocycles. The average molecular weight is 130 g/mol. The third-order valence-corrected chi connectivity index (χ3v) is 1.46. The number of aromatic nitrogens is 1. The summed E-state index contributed by atoms with van der Waals surface area (Å²) in [7, 11) is 0. The van der Waals surface area contributed by atoms with E-state index in [4.69, 9.17) is 1.37 Å². The molecular formula is C9H7N. The van der Waals surface area contributed by atoms with Crippen LogP contribution in [0.25, 0.3) is 10.8 Å². The van der Waals surface area contributed by atoms with E-state index in [-0.39, 0.29) is 0 Å². The van der Waals surface area contributed by atoms with Crippen LogP contribution in [0.1, 0.15) is 1.37 Å². The van der Waals surface area contributed by atoms with E-state index in [1.165, 1.54) is 0 Å². The molecule has 0 saturated carbocycles. The van der Waals surface area contributed by atoms with Gasteiger partial charge in [-0.2, -0.15) is 0 Å². The van der Waals surface area contributed by atoms with Crippen molar-refractivity contribution in [1.29, 1.82) is 0 Å². The van der Waals surface area contributed by atoms with Crippen molar-refractivity contribution in [3.05, 3.63) is 42.7 Å². The number of hydrogen-bond donors (Lipinski definition) is 0. The normalized spacial score (nSPS) is 11.4. The fourth-order valence-electron chi connectivity index (χ4n) is 0.961. The molecule has 0 saturated heterocycles. The van der Waals surface area contributed by atoms with Gasteiger partial charge in [0, 0.05) is 12.4 Å². The van der Waals surface area contributed by atoms with Gasteiger partial charge in [0.15, 0.2) is 0 Å². The van der Waals surface area contributed by atoms with Gasteiger partial charge >= 0.3 is 0 Å². The van der Waals surface area contributed by atoms with Gasteiger partial charge in [-0.05, 0) is 16.8 Å². The van der Waals surface area contributed by atoms with Crippen LogP contribution in [0, 0.1) is 0 Å². The molecule has 2 aromatic rings. The Morgan fingerprint density at radius 3 is 3.10 bits per heavy atom. The molecule has 1 heteroatoms. The highest BCUT2D eigenvalue weighted by molar-refractivity contribution is 5.80. The van der Waals surface area contributed by atoms with Gasteiger partial charge in [0.2, 0.25) is 0 Å². The maximum Gasteiger partial charge on any atom is 0.0629 e. The summed E-state index contributed by atoms with van der Waals surface area (Å²) in [6.07, 6.45) is 3.48. The number of nitrogens with zero attached hydrogens (tertiary/aromatic N) is 1. The van der Waals surface area contributed by atoms with E-state index < -0.39 is 0 Å². The van der Waals surface area contributed by atoms with Crippen molar-refractivity contribution >= 4 is 10.8 Å². The number of benzene rings is 1. The maximum absolute atomic E-state index is 7.54. The van der Waals surface area contributed by atoms with Crippen molar-refractivity contribution in [2.45, 2.75) is 0 Å². The molecule has 0 atom stereocenters. The fraction of sp³-hybridized carbons (Fsp3) is 0. The van der Waals surface area contributed by atoms with Crippen molar-refractivity contribution in [3.8, 4) is 0 Å². The standard InChI is InChI=1S/C9H7N/c1-2-4-9-7-10-6-5-8(9)3-1/h1-7H/i3D. The molecule has 0 radical (unpaired) electrons. The zero-order chi connectivity index (χ0) is 7.68. The molecule has 0 amide bonds. The first-order valence-electron chi connectivity index (χ1n) is 3.67. The highest BCUT2D eigenvalue weighted by Gasteiger charge is 1.86. The van der Waals surface area contributed by atoms with Crippen LogP contribution < -0.4 is 0 Å². The number of rotatable bonds is 0. The molecule has 0 unspecified atom stereocenters. The second-order valence-electron chi connectivity index (χ2n) is 2.13. The lowest BCUT2D eigenvalue weighted by atomic mass is 10.2. The van der Waals surface area contributed by atoms with Crippen molar-refractivity contribution in [2.24, 2.45) is 0 Å². The van der Waals surface area contributed by atoms with Gasteiger partial charge in [0.25, 0.3) is 0 Å². The maximum atomic E-state index is 7.54. The summed E-state index contributed by atoms with van der Waals surface area (Å²) in [5.74, 6) is 0. The van der Waals surface area contributed by atoms with Crippen LogP contribution in [-0.4, -0.2) is 4.98 Å². The van der Waals surface area contributed by atoms with Gasteiger partial charge in [0.05, 0.1) is 1.37 Å². The summed E-state index contributed by atoms with van der Waals surface area (Å²) in [4.78, 5) is 3.97. The molecule has 1 aromatic carbocycles. The molecule has 1 nitrogen and oxygen atoms in total. The van der Waals surface area contributed by atoms with E-state index in [0.717, 1.165) is 10.8 Å². The minimum Gasteiger partial charge on any atom is -0.264 e. The van der Waals surface area contributed by atoms with Crippen LogP contribution in [0.4, 0.5) is 0 Å². The molecule has 0 fully saturated rings. The third-order valence-electron chi connectivity index (χ3n) is 1.46. The minimum atomic E-state index is 0.560. The Balaban J connectivity index is 2.91. The molecule has 0 aliphatic heterocycles.